The number of methoxy groups -OCH3 is 1. The molecule has 0 unspecified atom stereocenters. The van der Waals surface area contributed by atoms with Gasteiger partial charge >= 0.3 is 11.9 Å². The molecule has 0 amide bonds. The maximum absolute atomic E-state index is 11.7. The average Bonchev–Trinajstić information content (AvgIpc) is 2.47. The highest BCUT2D eigenvalue weighted by Gasteiger charge is 2.20. The summed E-state index contributed by atoms with van der Waals surface area (Å²) in [6.07, 6.45) is 3.09. The highest BCUT2D eigenvalue weighted by Crippen LogP contribution is 2.25. The minimum atomic E-state index is -0.652. The predicted octanol–water partition coefficient (Wildman–Crippen LogP) is 2.66. The molecule has 0 saturated heterocycles. The second kappa shape index (κ2) is 7.92. The first-order valence-corrected chi connectivity index (χ1v) is 6.60. The molecule has 1 rings (SSSR count). The largest absolute Gasteiger partial charge is 0.466 e. The van der Waals surface area contributed by atoms with Crippen molar-refractivity contribution in [1.82, 2.24) is 0 Å². The molecule has 0 radical (unpaired) electrons. The molecule has 0 aliphatic heterocycles. The van der Waals surface area contributed by atoms with E-state index in [1.807, 2.05) is 0 Å². The van der Waals surface area contributed by atoms with Gasteiger partial charge in [-0.15, -0.1) is 0 Å². The Balaban J connectivity index is 3.12. The van der Waals surface area contributed by atoms with Crippen molar-refractivity contribution in [2.75, 3.05) is 13.7 Å². The van der Waals surface area contributed by atoms with Crippen LogP contribution in [0.15, 0.2) is 18.2 Å². The molecular formula is C15H17NO6. The van der Waals surface area contributed by atoms with Crippen LogP contribution >= 0.6 is 0 Å². The van der Waals surface area contributed by atoms with Crippen LogP contribution < -0.4 is 0 Å². The van der Waals surface area contributed by atoms with Crippen LogP contribution in [0.2, 0.25) is 0 Å². The van der Waals surface area contributed by atoms with E-state index < -0.39 is 16.9 Å². The fourth-order valence-electron chi connectivity index (χ4n) is 1.84. The molecule has 0 saturated carbocycles. The minimum absolute atomic E-state index is 0.0447. The average molecular weight is 307 g/mol. The van der Waals surface area contributed by atoms with E-state index in [1.165, 1.54) is 38.3 Å². The van der Waals surface area contributed by atoms with Gasteiger partial charge in [0.25, 0.3) is 5.69 Å². The van der Waals surface area contributed by atoms with Gasteiger partial charge in [-0.2, -0.15) is 0 Å². The summed E-state index contributed by atoms with van der Waals surface area (Å²) < 4.78 is 9.39. The van der Waals surface area contributed by atoms with Crippen LogP contribution in [0.1, 0.15) is 34.8 Å². The summed E-state index contributed by atoms with van der Waals surface area (Å²) in [4.78, 5) is 33.4. The monoisotopic (exact) mass is 307 g/mol. The third kappa shape index (κ3) is 4.41. The van der Waals surface area contributed by atoms with Gasteiger partial charge in [0.2, 0.25) is 0 Å². The van der Waals surface area contributed by atoms with Crippen molar-refractivity contribution in [2.45, 2.75) is 20.3 Å². The van der Waals surface area contributed by atoms with Gasteiger partial charge in [0.15, 0.2) is 0 Å². The van der Waals surface area contributed by atoms with E-state index in [1.54, 1.807) is 6.92 Å². The molecule has 0 bridgehead atoms. The van der Waals surface area contributed by atoms with E-state index in [0.29, 0.717) is 5.56 Å². The Morgan fingerprint density at radius 2 is 2.05 bits per heavy atom. The van der Waals surface area contributed by atoms with Crippen molar-refractivity contribution in [3.8, 4) is 0 Å². The lowest BCUT2D eigenvalue weighted by Gasteiger charge is -2.06. The Kier molecular flexibility index (Phi) is 6.25. The molecule has 7 heteroatoms. The molecule has 0 heterocycles. The van der Waals surface area contributed by atoms with Crippen molar-refractivity contribution in [3.63, 3.8) is 0 Å². The van der Waals surface area contributed by atoms with Crippen molar-refractivity contribution in [2.24, 2.45) is 0 Å². The Hall–Kier alpha value is -2.70. The molecule has 0 fully saturated rings. The number of ether oxygens (including phenoxy) is 2. The molecule has 0 spiro atoms. The lowest BCUT2D eigenvalue weighted by Crippen LogP contribution is -2.06. The van der Waals surface area contributed by atoms with Gasteiger partial charge in [0.05, 0.1) is 30.6 Å². The Morgan fingerprint density at radius 1 is 1.36 bits per heavy atom. The van der Waals surface area contributed by atoms with Crippen LogP contribution in [-0.2, 0) is 14.3 Å². The van der Waals surface area contributed by atoms with E-state index in [9.17, 15) is 19.7 Å². The number of nitro groups is 1. The summed E-state index contributed by atoms with van der Waals surface area (Å²) >= 11 is 0. The van der Waals surface area contributed by atoms with Gasteiger partial charge in [-0.25, -0.2) is 4.79 Å². The van der Waals surface area contributed by atoms with Crippen molar-refractivity contribution >= 4 is 23.7 Å². The van der Waals surface area contributed by atoms with Crippen molar-refractivity contribution in [1.29, 1.82) is 0 Å². The molecule has 0 aliphatic rings. The SMILES string of the molecule is CCOC(=O)CC=Cc1cc(C(=O)OC)c(C)c([N+](=O)[O-])c1. The fraction of sp³-hybridized carbons (Fsp3) is 0.333. The highest BCUT2D eigenvalue weighted by atomic mass is 16.6. The van der Waals surface area contributed by atoms with Gasteiger partial charge in [0.1, 0.15) is 0 Å². The minimum Gasteiger partial charge on any atom is -0.466 e. The maximum atomic E-state index is 11.7. The number of carbonyl (C=O) groups is 2. The molecule has 1 aromatic rings. The quantitative estimate of drug-likeness (QED) is 0.455. The van der Waals surface area contributed by atoms with Crippen molar-refractivity contribution < 1.29 is 24.0 Å². The van der Waals surface area contributed by atoms with E-state index >= 15 is 0 Å². The van der Waals surface area contributed by atoms with E-state index in [4.69, 9.17) is 4.74 Å². The number of nitro benzene ring substituents is 1. The van der Waals surface area contributed by atoms with Crippen LogP contribution in [0.4, 0.5) is 5.69 Å². The first-order valence-electron chi connectivity index (χ1n) is 6.60. The molecule has 22 heavy (non-hydrogen) atoms. The summed E-state index contributed by atoms with van der Waals surface area (Å²) in [6.45, 7) is 3.47. The number of nitrogens with zero attached hydrogens (tertiary/aromatic N) is 1. The molecular weight excluding hydrogens is 290 g/mol. The number of carbonyl (C=O) groups excluding carboxylic acids is 2. The normalized spacial score (nSPS) is 10.5. The highest BCUT2D eigenvalue weighted by molar-refractivity contribution is 5.93. The summed E-state index contributed by atoms with van der Waals surface area (Å²) in [7, 11) is 1.21. The molecule has 1 aromatic carbocycles. The first-order chi connectivity index (χ1) is 10.4. The number of benzene rings is 1. The van der Waals surface area contributed by atoms with Crippen LogP contribution in [-0.4, -0.2) is 30.6 Å². The lowest BCUT2D eigenvalue weighted by atomic mass is 10.0. The first kappa shape index (κ1) is 17.4. The van der Waals surface area contributed by atoms with Crippen LogP contribution in [0.3, 0.4) is 0 Å². The second-order valence-electron chi connectivity index (χ2n) is 4.37. The van der Waals surface area contributed by atoms with Crippen LogP contribution in [0.5, 0.6) is 0 Å². The number of rotatable bonds is 6. The molecule has 7 nitrogen and oxygen atoms in total. The molecule has 0 aromatic heterocycles. The standard InChI is InChI=1S/C15H17NO6/c1-4-22-14(17)7-5-6-11-8-12(15(18)21-3)10(2)13(9-11)16(19)20/h5-6,8-9H,4,7H2,1-3H3. The fourth-order valence-corrected chi connectivity index (χ4v) is 1.84. The molecule has 118 valence electrons. The number of hydrogen-bond donors (Lipinski definition) is 0. The van der Waals surface area contributed by atoms with Crippen molar-refractivity contribution in [3.05, 3.63) is 45.0 Å². The smallest absolute Gasteiger partial charge is 0.338 e. The summed E-state index contributed by atoms with van der Waals surface area (Å²) in [5.41, 5.74) is 0.604. The zero-order chi connectivity index (χ0) is 16.7. The zero-order valence-electron chi connectivity index (χ0n) is 12.6. The van der Waals surface area contributed by atoms with Crippen LogP contribution in [0, 0.1) is 17.0 Å². The number of esters is 2. The lowest BCUT2D eigenvalue weighted by molar-refractivity contribution is -0.385. The summed E-state index contributed by atoms with van der Waals surface area (Å²) in [6, 6.07) is 2.82. The van der Waals surface area contributed by atoms with E-state index in [2.05, 4.69) is 4.74 Å². The van der Waals surface area contributed by atoms with E-state index in [0.717, 1.165) is 0 Å². The van der Waals surface area contributed by atoms with Gasteiger partial charge in [0, 0.05) is 11.6 Å². The third-order valence-corrected chi connectivity index (χ3v) is 2.90. The maximum Gasteiger partial charge on any atom is 0.338 e. The number of hydrogen-bond acceptors (Lipinski definition) is 6. The predicted molar refractivity (Wildman–Crippen MR) is 79.5 cm³/mol. The summed E-state index contributed by atoms with van der Waals surface area (Å²) in [5, 5.41) is 11.1. The zero-order valence-corrected chi connectivity index (χ0v) is 12.6. The Bertz CT molecular complexity index is 621. The van der Waals surface area contributed by atoms with Gasteiger partial charge in [-0.05, 0) is 25.5 Å². The van der Waals surface area contributed by atoms with Gasteiger partial charge < -0.3 is 9.47 Å². The van der Waals surface area contributed by atoms with Crippen LogP contribution in [0.25, 0.3) is 6.08 Å². The molecule has 0 aliphatic carbocycles. The van der Waals surface area contributed by atoms with Gasteiger partial charge in [-0.1, -0.05) is 12.2 Å². The third-order valence-electron chi connectivity index (χ3n) is 2.90. The second-order valence-corrected chi connectivity index (χ2v) is 4.37. The van der Waals surface area contributed by atoms with Gasteiger partial charge in [-0.3, -0.25) is 14.9 Å². The summed E-state index contributed by atoms with van der Waals surface area (Å²) in [5.74, 6) is -1.05. The van der Waals surface area contributed by atoms with E-state index in [-0.39, 0.29) is 29.8 Å². The topological polar surface area (TPSA) is 95.7 Å². The molecule has 0 N–H and O–H groups in total. The Morgan fingerprint density at radius 3 is 2.59 bits per heavy atom. The Labute approximate surface area is 127 Å². The molecule has 0 atom stereocenters.